The number of benzene rings is 1. The van der Waals surface area contributed by atoms with E-state index in [2.05, 4.69) is 45.0 Å². The van der Waals surface area contributed by atoms with E-state index < -0.39 is 0 Å². The highest BCUT2D eigenvalue weighted by Gasteiger charge is 2.44. The van der Waals surface area contributed by atoms with Crippen molar-refractivity contribution in [3.63, 3.8) is 0 Å². The Morgan fingerprint density at radius 1 is 1.24 bits per heavy atom. The topological polar surface area (TPSA) is 35.2 Å². The summed E-state index contributed by atoms with van der Waals surface area (Å²) in [6, 6.07) is 8.43. The zero-order chi connectivity index (χ0) is 15.1. The summed E-state index contributed by atoms with van der Waals surface area (Å²) >= 11 is 0. The summed E-state index contributed by atoms with van der Waals surface area (Å²) in [5.74, 6) is 1.84. The van der Waals surface area contributed by atoms with Crippen LogP contribution in [-0.4, -0.2) is 5.60 Å². The fraction of sp³-hybridized carbons (Fsp3) is 0.684. The molecule has 1 atom stereocenters. The maximum Gasteiger partial charge on any atom is 0.124 e. The lowest BCUT2D eigenvalue weighted by Crippen LogP contribution is -2.47. The molecule has 2 N–H and O–H groups in total. The summed E-state index contributed by atoms with van der Waals surface area (Å²) in [5, 5.41) is 0. The van der Waals surface area contributed by atoms with Crippen molar-refractivity contribution < 1.29 is 4.74 Å². The molecule has 0 radical (unpaired) electrons. The zero-order valence-electron chi connectivity index (χ0n) is 13.7. The van der Waals surface area contributed by atoms with Crippen LogP contribution >= 0.6 is 0 Å². The zero-order valence-corrected chi connectivity index (χ0v) is 13.7. The lowest BCUT2D eigenvalue weighted by atomic mass is 9.65. The molecule has 1 spiro atoms. The molecule has 0 unspecified atom stereocenters. The fourth-order valence-electron chi connectivity index (χ4n) is 4.19. The minimum atomic E-state index is -0.00586. The normalized spacial score (nSPS) is 32.6. The molecule has 2 aliphatic rings. The molecule has 1 aromatic rings. The van der Waals surface area contributed by atoms with Gasteiger partial charge < -0.3 is 10.5 Å². The molecule has 2 nitrogen and oxygen atoms in total. The molecule has 1 aliphatic heterocycles. The van der Waals surface area contributed by atoms with Crippen LogP contribution in [0.2, 0.25) is 0 Å². The average Bonchev–Trinajstić information content (AvgIpc) is 2.48. The van der Waals surface area contributed by atoms with Crippen molar-refractivity contribution in [2.45, 2.75) is 70.9 Å². The van der Waals surface area contributed by atoms with Crippen molar-refractivity contribution in [1.82, 2.24) is 0 Å². The second-order valence-electron chi connectivity index (χ2n) is 7.75. The van der Waals surface area contributed by atoms with E-state index in [1.165, 1.54) is 24.8 Å². The van der Waals surface area contributed by atoms with E-state index in [-0.39, 0.29) is 11.6 Å². The summed E-state index contributed by atoms with van der Waals surface area (Å²) in [6.45, 7) is 7.14. The smallest absolute Gasteiger partial charge is 0.124 e. The van der Waals surface area contributed by atoms with Crippen LogP contribution in [0.1, 0.15) is 70.9 Å². The molecule has 1 aliphatic carbocycles. The van der Waals surface area contributed by atoms with Gasteiger partial charge in [0.1, 0.15) is 11.4 Å². The molecule has 0 aromatic heterocycles. The Labute approximate surface area is 129 Å². The summed E-state index contributed by atoms with van der Waals surface area (Å²) < 4.78 is 6.45. The van der Waals surface area contributed by atoms with Crippen molar-refractivity contribution in [2.24, 2.45) is 17.1 Å². The summed E-state index contributed by atoms with van der Waals surface area (Å²) in [7, 11) is 0. The highest BCUT2D eigenvalue weighted by molar-refractivity contribution is 5.38. The molecular weight excluding hydrogens is 258 g/mol. The number of fused-ring (bicyclic) bond motifs is 1. The number of hydrogen-bond acceptors (Lipinski definition) is 2. The van der Waals surface area contributed by atoms with Gasteiger partial charge in [-0.15, -0.1) is 0 Å². The Kier molecular flexibility index (Phi) is 3.77. The second kappa shape index (κ2) is 5.31. The Morgan fingerprint density at radius 2 is 1.90 bits per heavy atom. The largest absolute Gasteiger partial charge is 0.487 e. The third-order valence-corrected chi connectivity index (χ3v) is 6.15. The van der Waals surface area contributed by atoms with Crippen LogP contribution in [0.5, 0.6) is 5.75 Å². The molecule has 3 rings (SSSR count). The quantitative estimate of drug-likeness (QED) is 0.845. The van der Waals surface area contributed by atoms with Gasteiger partial charge in [0.2, 0.25) is 0 Å². The minimum Gasteiger partial charge on any atom is -0.487 e. The molecule has 21 heavy (non-hydrogen) atoms. The van der Waals surface area contributed by atoms with Crippen LogP contribution in [0, 0.1) is 11.3 Å². The molecule has 1 saturated carbocycles. The monoisotopic (exact) mass is 287 g/mol. The van der Waals surface area contributed by atoms with Crippen molar-refractivity contribution >= 4 is 0 Å². The van der Waals surface area contributed by atoms with Gasteiger partial charge in [-0.3, -0.25) is 0 Å². The lowest BCUT2D eigenvalue weighted by Gasteiger charge is -2.48. The molecule has 1 fully saturated rings. The van der Waals surface area contributed by atoms with Gasteiger partial charge in [0, 0.05) is 18.0 Å². The molecule has 116 valence electrons. The van der Waals surface area contributed by atoms with E-state index in [4.69, 9.17) is 10.5 Å². The third kappa shape index (κ3) is 2.70. The van der Waals surface area contributed by atoms with Crippen molar-refractivity contribution in [3.05, 3.63) is 29.8 Å². The van der Waals surface area contributed by atoms with Crippen LogP contribution in [-0.2, 0) is 0 Å². The van der Waals surface area contributed by atoms with Gasteiger partial charge in [-0.1, -0.05) is 45.4 Å². The predicted octanol–water partition coefficient (Wildman–Crippen LogP) is 4.83. The van der Waals surface area contributed by atoms with E-state index in [1.54, 1.807) is 0 Å². The number of para-hydroxylation sites is 1. The van der Waals surface area contributed by atoms with E-state index in [0.29, 0.717) is 5.41 Å². The Balaban J connectivity index is 1.75. The van der Waals surface area contributed by atoms with Crippen LogP contribution in [0.25, 0.3) is 0 Å². The van der Waals surface area contributed by atoms with Gasteiger partial charge in [0.25, 0.3) is 0 Å². The molecule has 0 bridgehead atoms. The van der Waals surface area contributed by atoms with Crippen molar-refractivity contribution in [2.75, 3.05) is 0 Å². The SMILES string of the molecule is CCC(C)(C)C1CCC2(CC1)C[C@@H](N)c1ccccc1O2. The fourth-order valence-corrected chi connectivity index (χ4v) is 4.19. The van der Waals surface area contributed by atoms with Crippen LogP contribution < -0.4 is 10.5 Å². The van der Waals surface area contributed by atoms with E-state index in [1.807, 2.05) is 0 Å². The van der Waals surface area contributed by atoms with Gasteiger partial charge in [-0.2, -0.15) is 0 Å². The van der Waals surface area contributed by atoms with Gasteiger partial charge in [-0.05, 0) is 43.1 Å². The number of hydrogen-bond donors (Lipinski definition) is 1. The molecule has 0 amide bonds. The van der Waals surface area contributed by atoms with Crippen molar-refractivity contribution in [1.29, 1.82) is 0 Å². The van der Waals surface area contributed by atoms with E-state index in [0.717, 1.165) is 30.9 Å². The Hall–Kier alpha value is -1.02. The van der Waals surface area contributed by atoms with E-state index in [9.17, 15) is 0 Å². The highest BCUT2D eigenvalue weighted by Crippen LogP contribution is 2.50. The first-order valence-corrected chi connectivity index (χ1v) is 8.49. The molecular formula is C19H29NO. The van der Waals surface area contributed by atoms with E-state index >= 15 is 0 Å². The predicted molar refractivity (Wildman–Crippen MR) is 87.4 cm³/mol. The minimum absolute atomic E-state index is 0.00586. The standard InChI is InChI=1S/C19H29NO/c1-4-18(2,3)14-9-11-19(12-10-14)13-16(20)15-7-5-6-8-17(15)21-19/h5-8,14,16H,4,9-13,20H2,1-3H3/t14?,16-,19?/m1/s1. The van der Waals surface area contributed by atoms with Crippen molar-refractivity contribution in [3.8, 4) is 5.75 Å². The number of rotatable bonds is 2. The first-order valence-electron chi connectivity index (χ1n) is 8.49. The number of nitrogens with two attached hydrogens (primary N) is 1. The summed E-state index contributed by atoms with van der Waals surface area (Å²) in [5.41, 5.74) is 8.05. The molecule has 2 heteroatoms. The summed E-state index contributed by atoms with van der Waals surface area (Å²) in [6.07, 6.45) is 7.09. The highest BCUT2D eigenvalue weighted by atomic mass is 16.5. The first kappa shape index (κ1) is 14.9. The van der Waals surface area contributed by atoms with Crippen LogP contribution in [0.4, 0.5) is 0 Å². The maximum absolute atomic E-state index is 6.45. The Bertz CT molecular complexity index is 500. The second-order valence-corrected chi connectivity index (χ2v) is 7.75. The molecule has 1 heterocycles. The van der Waals surface area contributed by atoms with Gasteiger partial charge in [0.15, 0.2) is 0 Å². The molecule has 0 saturated heterocycles. The van der Waals surface area contributed by atoms with Crippen LogP contribution in [0.15, 0.2) is 24.3 Å². The number of ether oxygens (including phenoxy) is 1. The lowest BCUT2D eigenvalue weighted by molar-refractivity contribution is -0.0283. The average molecular weight is 287 g/mol. The van der Waals surface area contributed by atoms with Gasteiger partial charge in [-0.25, -0.2) is 0 Å². The molecule has 1 aromatic carbocycles. The van der Waals surface area contributed by atoms with Crippen LogP contribution in [0.3, 0.4) is 0 Å². The first-order chi connectivity index (χ1) is 9.96. The van der Waals surface area contributed by atoms with Gasteiger partial charge in [0.05, 0.1) is 0 Å². The Morgan fingerprint density at radius 3 is 2.57 bits per heavy atom. The maximum atomic E-state index is 6.45. The van der Waals surface area contributed by atoms with Gasteiger partial charge >= 0.3 is 0 Å². The third-order valence-electron chi connectivity index (χ3n) is 6.15. The summed E-state index contributed by atoms with van der Waals surface area (Å²) in [4.78, 5) is 0.